The molecule has 1 aromatic rings. The van der Waals surface area contributed by atoms with E-state index in [2.05, 4.69) is 4.74 Å². The molecule has 0 aromatic heterocycles. The Morgan fingerprint density at radius 2 is 2.29 bits per heavy atom. The number of hydrogen-bond donors (Lipinski definition) is 1. The van der Waals surface area contributed by atoms with Crippen LogP contribution in [0.15, 0.2) is 18.2 Å². The third-order valence-electron chi connectivity index (χ3n) is 2.11. The fourth-order valence-corrected chi connectivity index (χ4v) is 1.51. The Labute approximate surface area is 111 Å². The van der Waals surface area contributed by atoms with Gasteiger partial charge in [-0.25, -0.2) is 0 Å². The second-order valence-electron chi connectivity index (χ2n) is 3.26. The van der Waals surface area contributed by atoms with Crippen LogP contribution in [0.2, 0.25) is 5.02 Å². The molecule has 1 atom stereocenters. The molecule has 92 valence electrons. The first kappa shape index (κ1) is 15.7. The number of rotatable bonds is 3. The number of carbonyl (C=O) groups is 1. The first-order chi connectivity index (χ1) is 7.58. The number of ether oxygens (including phenoxy) is 1. The van der Waals surface area contributed by atoms with Gasteiger partial charge in [-0.3, -0.25) is 4.79 Å². The van der Waals surface area contributed by atoms with Gasteiger partial charge in [0.1, 0.15) is 12.1 Å². The molecular formula is C11H12Cl2N2O2. The Balaban J connectivity index is 0.00000256. The van der Waals surface area contributed by atoms with Crippen LogP contribution >= 0.6 is 24.0 Å². The predicted octanol–water partition coefficient (Wildman–Crippen LogP) is 1.68. The molecule has 0 heterocycles. The highest BCUT2D eigenvalue weighted by molar-refractivity contribution is 6.31. The van der Waals surface area contributed by atoms with Gasteiger partial charge in [0.15, 0.2) is 0 Å². The molecule has 0 spiro atoms. The number of halogens is 2. The lowest BCUT2D eigenvalue weighted by Crippen LogP contribution is -2.33. The minimum atomic E-state index is -0.714. The Bertz CT molecular complexity index is 444. The second-order valence-corrected chi connectivity index (χ2v) is 3.67. The molecule has 1 rings (SSSR count). The summed E-state index contributed by atoms with van der Waals surface area (Å²) in [6.45, 7) is 0. The van der Waals surface area contributed by atoms with Gasteiger partial charge in [-0.05, 0) is 24.1 Å². The van der Waals surface area contributed by atoms with E-state index in [4.69, 9.17) is 22.6 Å². The predicted molar refractivity (Wildman–Crippen MR) is 67.1 cm³/mol. The second kappa shape index (κ2) is 7.13. The largest absolute Gasteiger partial charge is 0.468 e. The highest BCUT2D eigenvalue weighted by Gasteiger charge is 2.14. The third kappa shape index (κ3) is 4.23. The van der Waals surface area contributed by atoms with E-state index < -0.39 is 12.0 Å². The van der Waals surface area contributed by atoms with Gasteiger partial charge < -0.3 is 10.5 Å². The zero-order valence-electron chi connectivity index (χ0n) is 9.14. The van der Waals surface area contributed by atoms with Gasteiger partial charge in [0.25, 0.3) is 0 Å². The lowest BCUT2D eigenvalue weighted by molar-refractivity contribution is -0.142. The van der Waals surface area contributed by atoms with E-state index in [-0.39, 0.29) is 12.4 Å². The number of carbonyl (C=O) groups excluding carboxylic acids is 1. The first-order valence-electron chi connectivity index (χ1n) is 4.60. The zero-order valence-corrected chi connectivity index (χ0v) is 10.7. The van der Waals surface area contributed by atoms with Crippen LogP contribution in [0.5, 0.6) is 0 Å². The van der Waals surface area contributed by atoms with Gasteiger partial charge in [0.2, 0.25) is 0 Å². The molecule has 0 aliphatic rings. The highest BCUT2D eigenvalue weighted by atomic mass is 35.5. The first-order valence-corrected chi connectivity index (χ1v) is 4.98. The molecule has 0 fully saturated rings. The minimum Gasteiger partial charge on any atom is -0.468 e. The maximum absolute atomic E-state index is 11.1. The number of nitriles is 1. The number of methoxy groups -OCH3 is 1. The van der Waals surface area contributed by atoms with Crippen molar-refractivity contribution in [3.05, 3.63) is 34.3 Å². The van der Waals surface area contributed by atoms with Gasteiger partial charge >= 0.3 is 5.97 Å². The zero-order chi connectivity index (χ0) is 12.1. The van der Waals surface area contributed by atoms with E-state index in [1.807, 2.05) is 6.07 Å². The third-order valence-corrected chi connectivity index (χ3v) is 2.43. The van der Waals surface area contributed by atoms with E-state index >= 15 is 0 Å². The van der Waals surface area contributed by atoms with Crippen LogP contribution in [0.3, 0.4) is 0 Å². The van der Waals surface area contributed by atoms with Crippen LogP contribution < -0.4 is 5.73 Å². The van der Waals surface area contributed by atoms with Crippen molar-refractivity contribution in [1.82, 2.24) is 0 Å². The summed E-state index contributed by atoms with van der Waals surface area (Å²) in [5.74, 6) is -0.472. The van der Waals surface area contributed by atoms with Crippen molar-refractivity contribution in [2.24, 2.45) is 5.73 Å². The maximum Gasteiger partial charge on any atom is 0.322 e. The molecule has 0 amide bonds. The van der Waals surface area contributed by atoms with Crippen LogP contribution in [0, 0.1) is 11.3 Å². The average Bonchev–Trinajstić information content (AvgIpc) is 2.28. The maximum atomic E-state index is 11.1. The molecule has 0 saturated carbocycles. The molecule has 17 heavy (non-hydrogen) atoms. The Morgan fingerprint density at radius 3 is 2.76 bits per heavy atom. The van der Waals surface area contributed by atoms with Crippen molar-refractivity contribution in [2.45, 2.75) is 12.5 Å². The number of esters is 1. The van der Waals surface area contributed by atoms with E-state index in [1.54, 1.807) is 18.2 Å². The summed E-state index contributed by atoms with van der Waals surface area (Å²) in [6, 6.07) is 6.18. The molecular weight excluding hydrogens is 263 g/mol. The van der Waals surface area contributed by atoms with Gasteiger partial charge in [0, 0.05) is 0 Å². The summed E-state index contributed by atoms with van der Waals surface area (Å²) >= 11 is 5.85. The fourth-order valence-electron chi connectivity index (χ4n) is 1.26. The summed E-state index contributed by atoms with van der Waals surface area (Å²) in [5.41, 5.74) is 6.79. The standard InChI is InChI=1S/C11H11ClN2O2.ClH/c1-16-11(15)10(14)5-7-2-3-8(6-13)9(12)4-7;/h2-4,10H,5,14H2,1H3;1H/t10-;/m0./s1. The monoisotopic (exact) mass is 274 g/mol. The summed E-state index contributed by atoms with van der Waals surface area (Å²) in [5, 5.41) is 9.04. The molecule has 4 nitrogen and oxygen atoms in total. The van der Waals surface area contributed by atoms with E-state index in [0.717, 1.165) is 5.56 Å². The summed E-state index contributed by atoms with van der Waals surface area (Å²) < 4.78 is 4.51. The lowest BCUT2D eigenvalue weighted by Gasteiger charge is -2.09. The molecule has 0 saturated heterocycles. The van der Waals surface area contributed by atoms with Crippen molar-refractivity contribution < 1.29 is 9.53 Å². The van der Waals surface area contributed by atoms with Gasteiger partial charge in [-0.1, -0.05) is 17.7 Å². The summed E-state index contributed by atoms with van der Waals surface area (Å²) in [7, 11) is 1.29. The van der Waals surface area contributed by atoms with Crippen LogP contribution in [-0.4, -0.2) is 19.1 Å². The fraction of sp³-hybridized carbons (Fsp3) is 0.273. The smallest absolute Gasteiger partial charge is 0.322 e. The molecule has 0 bridgehead atoms. The van der Waals surface area contributed by atoms with Gasteiger partial charge in [-0.2, -0.15) is 5.26 Å². The normalized spacial score (nSPS) is 10.9. The molecule has 0 aliphatic heterocycles. The van der Waals surface area contributed by atoms with Crippen molar-refractivity contribution >= 4 is 30.0 Å². The Morgan fingerprint density at radius 1 is 1.65 bits per heavy atom. The van der Waals surface area contributed by atoms with Crippen molar-refractivity contribution in [3.8, 4) is 6.07 Å². The summed E-state index contributed by atoms with van der Waals surface area (Å²) in [4.78, 5) is 11.1. The SMILES string of the molecule is COC(=O)[C@@H](N)Cc1ccc(C#N)c(Cl)c1.Cl. The topological polar surface area (TPSA) is 76.1 Å². The number of nitrogens with zero attached hydrogens (tertiary/aromatic N) is 1. The number of hydrogen-bond acceptors (Lipinski definition) is 4. The minimum absolute atomic E-state index is 0. The highest BCUT2D eigenvalue weighted by Crippen LogP contribution is 2.17. The van der Waals surface area contributed by atoms with Crippen LogP contribution in [-0.2, 0) is 16.0 Å². The van der Waals surface area contributed by atoms with Gasteiger partial charge in [-0.15, -0.1) is 12.4 Å². The summed E-state index contributed by atoms with van der Waals surface area (Å²) in [6.07, 6.45) is 0.331. The van der Waals surface area contributed by atoms with Crippen LogP contribution in [0.1, 0.15) is 11.1 Å². The van der Waals surface area contributed by atoms with Crippen LogP contribution in [0.4, 0.5) is 0 Å². The average molecular weight is 275 g/mol. The van der Waals surface area contributed by atoms with Crippen molar-refractivity contribution in [2.75, 3.05) is 7.11 Å². The quantitative estimate of drug-likeness (QED) is 0.851. The van der Waals surface area contributed by atoms with E-state index in [9.17, 15) is 4.79 Å². The number of benzene rings is 1. The van der Waals surface area contributed by atoms with Crippen LogP contribution in [0.25, 0.3) is 0 Å². The van der Waals surface area contributed by atoms with Gasteiger partial charge in [0.05, 0.1) is 17.7 Å². The van der Waals surface area contributed by atoms with E-state index in [1.165, 1.54) is 7.11 Å². The molecule has 2 N–H and O–H groups in total. The van der Waals surface area contributed by atoms with Crippen molar-refractivity contribution in [3.63, 3.8) is 0 Å². The molecule has 0 aliphatic carbocycles. The lowest BCUT2D eigenvalue weighted by atomic mass is 10.1. The molecule has 6 heteroatoms. The molecule has 0 radical (unpaired) electrons. The Kier molecular flexibility index (Phi) is 6.59. The van der Waals surface area contributed by atoms with Crippen molar-refractivity contribution in [1.29, 1.82) is 5.26 Å². The molecule has 0 unspecified atom stereocenters. The van der Waals surface area contributed by atoms with E-state index in [0.29, 0.717) is 17.0 Å². The number of nitrogens with two attached hydrogens (primary N) is 1. The Hall–Kier alpha value is -1.28. The molecule has 1 aromatic carbocycles.